The maximum atomic E-state index is 12.4. The Balaban J connectivity index is 1.87. The zero-order chi connectivity index (χ0) is 15.7. The molecule has 0 aliphatic carbocycles. The van der Waals surface area contributed by atoms with Gasteiger partial charge in [-0.05, 0) is 36.2 Å². The lowest BCUT2D eigenvalue weighted by Crippen LogP contribution is -2.15. The van der Waals surface area contributed by atoms with Gasteiger partial charge in [-0.3, -0.25) is 4.72 Å². The molecule has 3 aromatic rings. The first-order valence-corrected chi connectivity index (χ1v) is 9.21. The molecule has 0 spiro atoms. The Labute approximate surface area is 137 Å². The summed E-state index contributed by atoms with van der Waals surface area (Å²) in [5.74, 6) is -0.0500. The quantitative estimate of drug-likeness (QED) is 0.714. The number of halogens is 1. The van der Waals surface area contributed by atoms with Gasteiger partial charge >= 0.3 is 0 Å². The average molecular weight is 379 g/mol. The van der Waals surface area contributed by atoms with Crippen molar-refractivity contribution in [3.63, 3.8) is 0 Å². The molecule has 0 saturated carbocycles. The molecule has 22 heavy (non-hydrogen) atoms. The van der Waals surface area contributed by atoms with E-state index in [0.717, 1.165) is 26.5 Å². The molecule has 114 valence electrons. The number of aromatic amines is 1. The van der Waals surface area contributed by atoms with E-state index in [0.29, 0.717) is 5.69 Å². The summed E-state index contributed by atoms with van der Waals surface area (Å²) < 4.78 is 28.4. The van der Waals surface area contributed by atoms with Crippen LogP contribution in [-0.2, 0) is 15.8 Å². The van der Waals surface area contributed by atoms with Gasteiger partial charge in [0.2, 0.25) is 10.0 Å². The fourth-order valence-corrected chi connectivity index (χ4v) is 4.17. The number of sulfonamides is 1. The Morgan fingerprint density at radius 3 is 2.73 bits per heavy atom. The number of rotatable bonds is 4. The number of para-hydroxylation sites is 1. The molecule has 2 N–H and O–H groups in total. The predicted molar refractivity (Wildman–Crippen MR) is 93.4 cm³/mol. The fourth-order valence-electron chi connectivity index (χ4n) is 2.39. The summed E-state index contributed by atoms with van der Waals surface area (Å²) in [6.45, 7) is 1.90. The van der Waals surface area contributed by atoms with Gasteiger partial charge < -0.3 is 4.98 Å². The van der Waals surface area contributed by atoms with Crippen molar-refractivity contribution >= 4 is 42.5 Å². The summed E-state index contributed by atoms with van der Waals surface area (Å²) in [7, 11) is -3.47. The lowest BCUT2D eigenvalue weighted by Gasteiger charge is -2.09. The van der Waals surface area contributed by atoms with Gasteiger partial charge in [-0.15, -0.1) is 0 Å². The molecule has 0 fully saturated rings. The number of hydrogen-bond donors (Lipinski definition) is 2. The van der Waals surface area contributed by atoms with E-state index in [9.17, 15) is 8.42 Å². The highest BCUT2D eigenvalue weighted by Crippen LogP contribution is 2.25. The van der Waals surface area contributed by atoms with Crippen LogP contribution in [0, 0.1) is 6.92 Å². The fraction of sp³-hybridized carbons (Fsp3) is 0.125. The van der Waals surface area contributed by atoms with E-state index in [4.69, 9.17) is 0 Å². The molecule has 1 heterocycles. The number of anilines is 1. The SMILES string of the molecule is Cc1cc(Br)ccc1CS(=O)(=O)Nc1c[nH]c2ccccc12. The highest BCUT2D eigenvalue weighted by atomic mass is 79.9. The molecule has 0 aliphatic rings. The highest BCUT2D eigenvalue weighted by molar-refractivity contribution is 9.10. The predicted octanol–water partition coefficient (Wildman–Crippen LogP) is 4.18. The first kappa shape index (κ1) is 15.1. The van der Waals surface area contributed by atoms with Gasteiger partial charge in [-0.25, -0.2) is 8.42 Å². The third kappa shape index (κ3) is 3.18. The lowest BCUT2D eigenvalue weighted by molar-refractivity contribution is 0.600. The summed E-state index contributed by atoms with van der Waals surface area (Å²) in [6, 6.07) is 13.2. The van der Waals surface area contributed by atoms with Gasteiger partial charge in [-0.1, -0.05) is 40.2 Å². The standard InChI is InChI=1S/C16H15BrN2O2S/c1-11-8-13(17)7-6-12(11)10-22(20,21)19-16-9-18-15-5-3-2-4-14(15)16/h2-9,18-19H,10H2,1H3. The molecule has 0 amide bonds. The van der Waals surface area contributed by atoms with Crippen molar-refractivity contribution in [1.29, 1.82) is 0 Å². The van der Waals surface area contributed by atoms with E-state index in [1.807, 2.05) is 49.4 Å². The molecule has 2 aromatic carbocycles. The summed E-state index contributed by atoms with van der Waals surface area (Å²) in [5, 5.41) is 0.860. The average Bonchev–Trinajstić information content (AvgIpc) is 2.85. The maximum Gasteiger partial charge on any atom is 0.236 e. The zero-order valence-corrected chi connectivity index (χ0v) is 14.3. The van der Waals surface area contributed by atoms with Crippen LogP contribution in [0.2, 0.25) is 0 Å². The third-order valence-corrected chi connectivity index (χ3v) is 5.22. The van der Waals surface area contributed by atoms with Crippen LogP contribution in [0.3, 0.4) is 0 Å². The highest BCUT2D eigenvalue weighted by Gasteiger charge is 2.15. The molecular formula is C16H15BrN2O2S. The molecule has 0 bridgehead atoms. The van der Waals surface area contributed by atoms with Crippen molar-refractivity contribution in [3.8, 4) is 0 Å². The van der Waals surface area contributed by atoms with Crippen LogP contribution in [0.1, 0.15) is 11.1 Å². The van der Waals surface area contributed by atoms with Gasteiger partial charge in [0.25, 0.3) is 0 Å². The monoisotopic (exact) mass is 378 g/mol. The number of fused-ring (bicyclic) bond motifs is 1. The van der Waals surface area contributed by atoms with Crippen LogP contribution < -0.4 is 4.72 Å². The topological polar surface area (TPSA) is 62.0 Å². The van der Waals surface area contributed by atoms with Crippen LogP contribution in [-0.4, -0.2) is 13.4 Å². The molecule has 4 nitrogen and oxygen atoms in total. The van der Waals surface area contributed by atoms with Gasteiger partial charge in [0.15, 0.2) is 0 Å². The van der Waals surface area contributed by atoms with E-state index in [-0.39, 0.29) is 5.75 Å². The second-order valence-electron chi connectivity index (χ2n) is 5.18. The number of nitrogens with one attached hydrogen (secondary N) is 2. The van der Waals surface area contributed by atoms with E-state index in [1.54, 1.807) is 6.20 Å². The van der Waals surface area contributed by atoms with Crippen LogP contribution in [0.15, 0.2) is 53.1 Å². The van der Waals surface area contributed by atoms with Crippen molar-refractivity contribution in [2.75, 3.05) is 4.72 Å². The van der Waals surface area contributed by atoms with E-state index in [1.165, 1.54) is 0 Å². The largest absolute Gasteiger partial charge is 0.359 e. The maximum absolute atomic E-state index is 12.4. The minimum Gasteiger partial charge on any atom is -0.359 e. The first-order chi connectivity index (χ1) is 10.4. The molecule has 0 saturated heterocycles. The molecular weight excluding hydrogens is 364 g/mol. The van der Waals surface area contributed by atoms with Gasteiger partial charge in [0, 0.05) is 21.6 Å². The van der Waals surface area contributed by atoms with Crippen LogP contribution in [0.4, 0.5) is 5.69 Å². The Morgan fingerprint density at radius 1 is 1.18 bits per heavy atom. The molecule has 0 unspecified atom stereocenters. The molecule has 0 atom stereocenters. The molecule has 3 rings (SSSR count). The Kier molecular flexibility index (Phi) is 3.97. The minimum absolute atomic E-state index is 0.0500. The van der Waals surface area contributed by atoms with E-state index >= 15 is 0 Å². The van der Waals surface area contributed by atoms with Crippen LogP contribution in [0.5, 0.6) is 0 Å². The summed E-state index contributed by atoms with van der Waals surface area (Å²) in [5.41, 5.74) is 3.21. The smallest absolute Gasteiger partial charge is 0.236 e. The normalized spacial score (nSPS) is 11.7. The van der Waals surface area contributed by atoms with Crippen molar-refractivity contribution in [3.05, 3.63) is 64.3 Å². The Hall–Kier alpha value is -1.79. The van der Waals surface area contributed by atoms with Gasteiger partial charge in [-0.2, -0.15) is 0 Å². The number of hydrogen-bond acceptors (Lipinski definition) is 2. The Morgan fingerprint density at radius 2 is 1.95 bits per heavy atom. The van der Waals surface area contributed by atoms with Crippen molar-refractivity contribution in [1.82, 2.24) is 4.98 Å². The number of H-pyrrole nitrogens is 1. The van der Waals surface area contributed by atoms with E-state index in [2.05, 4.69) is 25.6 Å². The van der Waals surface area contributed by atoms with Crippen molar-refractivity contribution < 1.29 is 8.42 Å². The van der Waals surface area contributed by atoms with Gasteiger partial charge in [0.1, 0.15) is 0 Å². The van der Waals surface area contributed by atoms with Crippen molar-refractivity contribution in [2.24, 2.45) is 0 Å². The first-order valence-electron chi connectivity index (χ1n) is 6.76. The molecule has 1 aromatic heterocycles. The number of benzene rings is 2. The molecule has 0 aliphatic heterocycles. The second-order valence-corrected chi connectivity index (χ2v) is 7.82. The lowest BCUT2D eigenvalue weighted by atomic mass is 10.1. The second kappa shape index (κ2) is 5.78. The van der Waals surface area contributed by atoms with E-state index < -0.39 is 10.0 Å². The molecule has 0 radical (unpaired) electrons. The third-order valence-electron chi connectivity index (χ3n) is 3.50. The zero-order valence-electron chi connectivity index (χ0n) is 11.9. The van der Waals surface area contributed by atoms with Crippen LogP contribution >= 0.6 is 15.9 Å². The number of aromatic nitrogens is 1. The molecule has 6 heteroatoms. The van der Waals surface area contributed by atoms with Crippen LogP contribution in [0.25, 0.3) is 10.9 Å². The Bertz CT molecular complexity index is 932. The van der Waals surface area contributed by atoms with Crippen molar-refractivity contribution in [2.45, 2.75) is 12.7 Å². The number of aryl methyl sites for hydroxylation is 1. The van der Waals surface area contributed by atoms with Gasteiger partial charge in [0.05, 0.1) is 11.4 Å². The summed E-state index contributed by atoms with van der Waals surface area (Å²) in [4.78, 5) is 3.06. The minimum atomic E-state index is -3.47. The summed E-state index contributed by atoms with van der Waals surface area (Å²) >= 11 is 3.38. The summed E-state index contributed by atoms with van der Waals surface area (Å²) in [6.07, 6.45) is 1.68.